The zero-order valence-corrected chi connectivity index (χ0v) is 10.1. The minimum absolute atomic E-state index is 0.223. The van der Waals surface area contributed by atoms with Gasteiger partial charge in [-0.2, -0.15) is 0 Å². The van der Waals surface area contributed by atoms with E-state index in [2.05, 4.69) is 0 Å². The summed E-state index contributed by atoms with van der Waals surface area (Å²) in [7, 11) is 1.42. The zero-order valence-electron chi connectivity index (χ0n) is 10.1. The average molecular weight is 241 g/mol. The number of aliphatic carboxylic acids is 1. The molecule has 0 spiro atoms. The topological polar surface area (TPSA) is 66.8 Å². The molecule has 0 heterocycles. The predicted molar refractivity (Wildman–Crippen MR) is 62.8 cm³/mol. The molecule has 96 valence electrons. The van der Waals surface area contributed by atoms with Gasteiger partial charge in [0.05, 0.1) is 0 Å². The lowest BCUT2D eigenvalue weighted by molar-refractivity contribution is -0.137. The summed E-state index contributed by atoms with van der Waals surface area (Å²) in [4.78, 5) is 23.1. The molecule has 1 aliphatic carbocycles. The number of nitrogens with zero attached hydrogens (tertiary/aromatic N) is 1. The zero-order chi connectivity index (χ0) is 12.7. The molecule has 0 bridgehead atoms. The van der Waals surface area contributed by atoms with Crippen molar-refractivity contribution in [3.05, 3.63) is 12.2 Å². The molecular weight excluding hydrogens is 222 g/mol. The fourth-order valence-corrected chi connectivity index (χ4v) is 1.71. The molecule has 0 aromatic carbocycles. The van der Waals surface area contributed by atoms with Crippen LogP contribution in [0.4, 0.5) is 4.79 Å². The maximum absolute atomic E-state index is 11.6. The van der Waals surface area contributed by atoms with E-state index in [4.69, 9.17) is 9.84 Å². The molecular formula is C12H19NO4. The molecule has 1 aliphatic rings. The van der Waals surface area contributed by atoms with Gasteiger partial charge in [0.15, 0.2) is 0 Å². The lowest BCUT2D eigenvalue weighted by Gasteiger charge is -2.20. The second kappa shape index (κ2) is 6.93. The average Bonchev–Trinajstić information content (AvgIpc) is 2.20. The Bertz CT molecular complexity index is 301. The van der Waals surface area contributed by atoms with Crippen LogP contribution in [-0.2, 0) is 9.53 Å². The number of carbonyl (C=O) groups is 2. The Morgan fingerprint density at radius 1 is 1.41 bits per heavy atom. The van der Waals surface area contributed by atoms with Crippen molar-refractivity contribution in [3.63, 3.8) is 0 Å². The monoisotopic (exact) mass is 241 g/mol. The minimum atomic E-state index is -1.04. The number of carboxylic acids is 1. The Labute approximate surface area is 101 Å². The Kier molecular flexibility index (Phi) is 5.52. The summed E-state index contributed by atoms with van der Waals surface area (Å²) in [6.45, 7) is -0.338. The van der Waals surface area contributed by atoms with Crippen molar-refractivity contribution >= 4 is 12.1 Å². The summed E-state index contributed by atoms with van der Waals surface area (Å²) in [5.41, 5.74) is 0. The van der Waals surface area contributed by atoms with Crippen molar-refractivity contribution < 1.29 is 19.4 Å². The molecule has 0 saturated carbocycles. The van der Waals surface area contributed by atoms with Crippen LogP contribution in [0.1, 0.15) is 32.1 Å². The number of likely N-dealkylation sites (N-methyl/N-ethyl adjacent to an activating group) is 1. The first-order chi connectivity index (χ1) is 8.09. The largest absolute Gasteiger partial charge is 0.480 e. The second-order valence-electron chi connectivity index (χ2n) is 4.24. The van der Waals surface area contributed by atoms with Crippen molar-refractivity contribution in [2.24, 2.45) is 0 Å². The molecule has 0 saturated heterocycles. The third-order valence-electron chi connectivity index (χ3n) is 2.65. The quantitative estimate of drug-likeness (QED) is 0.768. The maximum Gasteiger partial charge on any atom is 0.410 e. The third-order valence-corrected chi connectivity index (χ3v) is 2.65. The lowest BCUT2D eigenvalue weighted by Crippen LogP contribution is -2.34. The van der Waals surface area contributed by atoms with Gasteiger partial charge in [0.25, 0.3) is 0 Å². The van der Waals surface area contributed by atoms with Crippen molar-refractivity contribution in [2.45, 2.75) is 38.2 Å². The van der Waals surface area contributed by atoms with Gasteiger partial charge in [-0.1, -0.05) is 12.5 Å². The second-order valence-corrected chi connectivity index (χ2v) is 4.24. The maximum atomic E-state index is 11.6. The summed E-state index contributed by atoms with van der Waals surface area (Å²) in [6.07, 6.45) is 8.29. The normalized spacial score (nSPS) is 22.1. The number of ether oxygens (including phenoxy) is 1. The molecule has 1 N–H and O–H groups in total. The summed E-state index contributed by atoms with van der Waals surface area (Å²) < 4.78 is 5.23. The van der Waals surface area contributed by atoms with E-state index in [0.717, 1.165) is 30.6 Å². The molecule has 5 heteroatoms. The lowest BCUT2D eigenvalue weighted by atomic mass is 10.0. The number of allylic oxidation sites excluding steroid dienone is 1. The number of hydrogen-bond donors (Lipinski definition) is 1. The first-order valence-electron chi connectivity index (χ1n) is 5.90. The standard InChI is InChI=1S/C12H19NO4/c1-13(9-11(14)15)12(16)17-10-7-5-3-2-4-6-8-10/h5,7,10H,2-4,6,8-9H2,1H3,(H,14,15)/b7-5+/t10-/m1/s1. The molecule has 5 nitrogen and oxygen atoms in total. The highest BCUT2D eigenvalue weighted by molar-refractivity contribution is 5.76. The highest BCUT2D eigenvalue weighted by atomic mass is 16.6. The molecule has 0 aromatic heterocycles. The van der Waals surface area contributed by atoms with Crippen LogP contribution in [0.3, 0.4) is 0 Å². The highest BCUT2D eigenvalue weighted by Gasteiger charge is 2.17. The van der Waals surface area contributed by atoms with E-state index in [0.29, 0.717) is 0 Å². The van der Waals surface area contributed by atoms with Crippen LogP contribution in [0.15, 0.2) is 12.2 Å². The summed E-state index contributed by atoms with van der Waals surface area (Å²) >= 11 is 0. The fraction of sp³-hybridized carbons (Fsp3) is 0.667. The molecule has 1 atom stereocenters. The first-order valence-corrected chi connectivity index (χ1v) is 5.90. The molecule has 17 heavy (non-hydrogen) atoms. The summed E-state index contributed by atoms with van der Waals surface area (Å²) in [6, 6.07) is 0. The first kappa shape index (κ1) is 13.5. The van der Waals surface area contributed by atoms with Gasteiger partial charge in [0.2, 0.25) is 0 Å². The minimum Gasteiger partial charge on any atom is -0.480 e. The van der Waals surface area contributed by atoms with E-state index in [1.807, 2.05) is 12.2 Å². The molecule has 0 unspecified atom stereocenters. The molecule has 1 amide bonds. The Morgan fingerprint density at radius 2 is 2.18 bits per heavy atom. The summed E-state index contributed by atoms with van der Waals surface area (Å²) in [5.74, 6) is -1.04. The van der Waals surface area contributed by atoms with E-state index in [-0.39, 0.29) is 12.6 Å². The van der Waals surface area contributed by atoms with E-state index in [1.54, 1.807) is 0 Å². The van der Waals surface area contributed by atoms with Gasteiger partial charge in [0.1, 0.15) is 12.6 Å². The molecule has 0 radical (unpaired) electrons. The van der Waals surface area contributed by atoms with E-state index >= 15 is 0 Å². The summed E-state index contributed by atoms with van der Waals surface area (Å²) in [5, 5.41) is 8.56. The van der Waals surface area contributed by atoms with Gasteiger partial charge >= 0.3 is 12.1 Å². The number of hydrogen-bond acceptors (Lipinski definition) is 3. The van der Waals surface area contributed by atoms with Crippen LogP contribution < -0.4 is 0 Å². The number of rotatable bonds is 3. The van der Waals surface area contributed by atoms with Crippen molar-refractivity contribution in [1.29, 1.82) is 0 Å². The van der Waals surface area contributed by atoms with Gasteiger partial charge < -0.3 is 14.7 Å². The molecule has 0 aromatic rings. The fourth-order valence-electron chi connectivity index (χ4n) is 1.71. The third kappa shape index (κ3) is 5.38. The van der Waals surface area contributed by atoms with E-state index < -0.39 is 12.1 Å². The van der Waals surface area contributed by atoms with Gasteiger partial charge in [-0.05, 0) is 31.8 Å². The Hall–Kier alpha value is -1.52. The number of amides is 1. The van der Waals surface area contributed by atoms with Crippen molar-refractivity contribution in [3.8, 4) is 0 Å². The Morgan fingerprint density at radius 3 is 2.88 bits per heavy atom. The molecule has 0 fully saturated rings. The van der Waals surface area contributed by atoms with Crippen LogP contribution in [0.25, 0.3) is 0 Å². The van der Waals surface area contributed by atoms with Crippen LogP contribution in [0, 0.1) is 0 Å². The molecule has 0 aliphatic heterocycles. The van der Waals surface area contributed by atoms with Crippen LogP contribution in [0.2, 0.25) is 0 Å². The van der Waals surface area contributed by atoms with Crippen LogP contribution in [0.5, 0.6) is 0 Å². The van der Waals surface area contributed by atoms with Gasteiger partial charge in [-0.15, -0.1) is 0 Å². The number of carbonyl (C=O) groups excluding carboxylic acids is 1. The van der Waals surface area contributed by atoms with Crippen molar-refractivity contribution in [1.82, 2.24) is 4.90 Å². The molecule has 1 rings (SSSR count). The Balaban J connectivity index is 2.42. The SMILES string of the molecule is CN(CC(=O)O)C(=O)O[C@@H]1/C=C/CCCCC1. The highest BCUT2D eigenvalue weighted by Crippen LogP contribution is 2.14. The van der Waals surface area contributed by atoms with E-state index in [1.165, 1.54) is 13.5 Å². The van der Waals surface area contributed by atoms with Gasteiger partial charge in [0, 0.05) is 7.05 Å². The van der Waals surface area contributed by atoms with Gasteiger partial charge in [-0.25, -0.2) is 4.79 Å². The number of carboxylic acid groups (broad SMARTS) is 1. The van der Waals surface area contributed by atoms with Crippen molar-refractivity contribution in [2.75, 3.05) is 13.6 Å². The van der Waals surface area contributed by atoms with Crippen LogP contribution >= 0.6 is 0 Å². The smallest absolute Gasteiger partial charge is 0.410 e. The van der Waals surface area contributed by atoms with Gasteiger partial charge in [-0.3, -0.25) is 4.79 Å². The predicted octanol–water partition coefficient (Wildman–Crippen LogP) is 2.03. The van der Waals surface area contributed by atoms with Crippen LogP contribution in [-0.4, -0.2) is 41.8 Å². The van der Waals surface area contributed by atoms with E-state index in [9.17, 15) is 9.59 Å².